The van der Waals surface area contributed by atoms with E-state index in [-0.39, 0.29) is 31.1 Å². The molecule has 0 bridgehead atoms. The Labute approximate surface area is 187 Å². The third-order valence-electron chi connectivity index (χ3n) is 4.93. The average Bonchev–Trinajstić information content (AvgIpc) is 2.78. The minimum Gasteiger partial charge on any atom is -0.508 e. The van der Waals surface area contributed by atoms with Crippen molar-refractivity contribution in [2.75, 3.05) is 13.2 Å². The molecule has 6 nitrogen and oxygen atoms in total. The Morgan fingerprint density at radius 1 is 0.656 bits per heavy atom. The molecule has 3 rings (SSSR count). The van der Waals surface area contributed by atoms with Crippen molar-refractivity contribution in [1.29, 1.82) is 0 Å². The molecule has 0 spiro atoms. The van der Waals surface area contributed by atoms with Gasteiger partial charge in [0.2, 0.25) is 0 Å². The molecule has 6 heteroatoms. The summed E-state index contributed by atoms with van der Waals surface area (Å²) in [6.45, 7) is 0.254. The molecule has 0 aliphatic carbocycles. The van der Waals surface area contributed by atoms with Gasteiger partial charge in [0.05, 0.1) is 13.2 Å². The van der Waals surface area contributed by atoms with Crippen LogP contribution in [0.25, 0.3) is 0 Å². The molecule has 166 valence electrons. The number of benzene rings is 3. The summed E-state index contributed by atoms with van der Waals surface area (Å²) in [5.41, 5.74) is 2.45. The minimum atomic E-state index is -1.21. The van der Waals surface area contributed by atoms with Crippen LogP contribution in [-0.4, -0.2) is 35.4 Å². The molecule has 0 heterocycles. The van der Waals surface area contributed by atoms with Gasteiger partial charge in [-0.1, -0.05) is 60.7 Å². The van der Waals surface area contributed by atoms with E-state index in [1.807, 2.05) is 60.7 Å². The van der Waals surface area contributed by atoms with E-state index in [1.54, 1.807) is 0 Å². The molecule has 32 heavy (non-hydrogen) atoms. The molecule has 0 aliphatic heterocycles. The van der Waals surface area contributed by atoms with Gasteiger partial charge in [-0.25, -0.2) is 0 Å². The molecule has 3 aromatic carbocycles. The summed E-state index contributed by atoms with van der Waals surface area (Å²) in [4.78, 5) is 25.5. The zero-order valence-electron chi connectivity index (χ0n) is 17.6. The number of ether oxygens (including phenoxy) is 2. The van der Waals surface area contributed by atoms with Crippen LogP contribution < -0.4 is 0 Å². The summed E-state index contributed by atoms with van der Waals surface area (Å²) in [6, 6.07) is 23.1. The number of carbonyl (C=O) groups excluding carboxylic acids is 2. The van der Waals surface area contributed by atoms with Crippen LogP contribution in [0.3, 0.4) is 0 Å². The Bertz CT molecular complexity index is 939. The first-order valence-electron chi connectivity index (χ1n) is 10.4. The molecule has 3 aromatic rings. The van der Waals surface area contributed by atoms with Gasteiger partial charge in [-0.15, -0.1) is 0 Å². The summed E-state index contributed by atoms with van der Waals surface area (Å²) < 4.78 is 10.7. The number of aromatic hydroxyl groups is 2. The molecule has 0 saturated heterocycles. The predicted molar refractivity (Wildman–Crippen MR) is 119 cm³/mol. The lowest BCUT2D eigenvalue weighted by atomic mass is 9.99. The fraction of sp³-hybridized carbons (Fsp3) is 0.231. The Kier molecular flexibility index (Phi) is 8.26. The van der Waals surface area contributed by atoms with Crippen LogP contribution in [-0.2, 0) is 38.3 Å². The average molecular weight is 434 g/mol. The third-order valence-corrected chi connectivity index (χ3v) is 4.93. The fourth-order valence-corrected chi connectivity index (χ4v) is 3.30. The maximum absolute atomic E-state index is 12.7. The Balaban J connectivity index is 1.63. The van der Waals surface area contributed by atoms with E-state index in [1.165, 1.54) is 18.2 Å². The molecule has 0 radical (unpaired) electrons. The molecule has 2 N–H and O–H groups in total. The highest BCUT2D eigenvalue weighted by molar-refractivity contribution is 5.95. The Morgan fingerprint density at radius 3 is 1.53 bits per heavy atom. The summed E-state index contributed by atoms with van der Waals surface area (Å²) in [6.07, 6.45) is 0.987. The lowest BCUT2D eigenvalue weighted by Gasteiger charge is -2.16. The van der Waals surface area contributed by atoms with Crippen LogP contribution in [0, 0.1) is 5.92 Å². The molecular weight excluding hydrogens is 408 g/mol. The van der Waals surface area contributed by atoms with Crippen molar-refractivity contribution in [3.8, 4) is 11.5 Å². The van der Waals surface area contributed by atoms with E-state index >= 15 is 0 Å². The lowest BCUT2D eigenvalue weighted by Crippen LogP contribution is -2.31. The summed E-state index contributed by atoms with van der Waals surface area (Å²) in [5.74, 6) is -2.92. The number of hydrogen-bond acceptors (Lipinski definition) is 6. The molecule has 0 atom stereocenters. The minimum absolute atomic E-state index is 0.0592. The number of phenolic OH excluding ortho intramolecular Hbond substituents is 2. The molecule has 0 aliphatic rings. The highest BCUT2D eigenvalue weighted by atomic mass is 16.6. The standard InChI is InChI=1S/C26H26O6/c27-22-15-21(16-23(28)18-22)17-24(25(29)31-13-11-19-7-3-1-4-8-19)26(30)32-14-12-20-9-5-2-6-10-20/h1-10,15-16,18,24,27-28H,11-14,17H2. The van der Waals surface area contributed by atoms with E-state index < -0.39 is 17.9 Å². The number of carbonyl (C=O) groups is 2. The van der Waals surface area contributed by atoms with Crippen molar-refractivity contribution in [2.45, 2.75) is 19.3 Å². The summed E-state index contributed by atoms with van der Waals surface area (Å²) in [5, 5.41) is 19.5. The number of hydrogen-bond donors (Lipinski definition) is 2. The van der Waals surface area contributed by atoms with Crippen molar-refractivity contribution in [2.24, 2.45) is 5.92 Å². The van der Waals surface area contributed by atoms with E-state index in [4.69, 9.17) is 9.47 Å². The van der Waals surface area contributed by atoms with E-state index in [0.29, 0.717) is 18.4 Å². The maximum Gasteiger partial charge on any atom is 0.320 e. The van der Waals surface area contributed by atoms with E-state index in [0.717, 1.165) is 11.1 Å². The second kappa shape index (κ2) is 11.6. The Morgan fingerprint density at radius 2 is 1.09 bits per heavy atom. The van der Waals surface area contributed by atoms with Crippen molar-refractivity contribution in [3.63, 3.8) is 0 Å². The van der Waals surface area contributed by atoms with Crippen molar-refractivity contribution < 1.29 is 29.3 Å². The maximum atomic E-state index is 12.7. The molecule has 0 unspecified atom stereocenters. The normalized spacial score (nSPS) is 10.7. The predicted octanol–water partition coefficient (Wildman–Crippen LogP) is 3.83. The van der Waals surface area contributed by atoms with Crippen molar-refractivity contribution in [1.82, 2.24) is 0 Å². The second-order valence-corrected chi connectivity index (χ2v) is 7.42. The van der Waals surface area contributed by atoms with Gasteiger partial charge in [0, 0.05) is 18.9 Å². The van der Waals surface area contributed by atoms with Gasteiger partial charge in [0.25, 0.3) is 0 Å². The first-order chi connectivity index (χ1) is 15.5. The summed E-state index contributed by atoms with van der Waals surface area (Å²) in [7, 11) is 0. The van der Waals surface area contributed by atoms with Crippen LogP contribution in [0.4, 0.5) is 0 Å². The lowest BCUT2D eigenvalue weighted by molar-refractivity contribution is -0.162. The van der Waals surface area contributed by atoms with Gasteiger partial charge < -0.3 is 19.7 Å². The van der Waals surface area contributed by atoms with Gasteiger partial charge >= 0.3 is 11.9 Å². The monoisotopic (exact) mass is 434 g/mol. The highest BCUT2D eigenvalue weighted by Crippen LogP contribution is 2.23. The fourth-order valence-electron chi connectivity index (χ4n) is 3.30. The van der Waals surface area contributed by atoms with Crippen LogP contribution in [0.15, 0.2) is 78.9 Å². The van der Waals surface area contributed by atoms with Crippen molar-refractivity contribution in [3.05, 3.63) is 95.6 Å². The Hall–Kier alpha value is -3.80. The quantitative estimate of drug-likeness (QED) is 0.372. The highest BCUT2D eigenvalue weighted by Gasteiger charge is 2.30. The third kappa shape index (κ3) is 7.16. The largest absolute Gasteiger partial charge is 0.508 e. The topological polar surface area (TPSA) is 93.1 Å². The zero-order chi connectivity index (χ0) is 22.8. The van der Waals surface area contributed by atoms with Crippen molar-refractivity contribution >= 4 is 11.9 Å². The molecule has 0 aromatic heterocycles. The van der Waals surface area contributed by atoms with Gasteiger partial charge in [-0.2, -0.15) is 0 Å². The van der Waals surface area contributed by atoms with Crippen LogP contribution in [0.5, 0.6) is 11.5 Å². The summed E-state index contributed by atoms with van der Waals surface area (Å²) >= 11 is 0. The van der Waals surface area contributed by atoms with E-state index in [9.17, 15) is 19.8 Å². The number of phenols is 2. The smallest absolute Gasteiger partial charge is 0.320 e. The number of esters is 2. The second-order valence-electron chi connectivity index (χ2n) is 7.42. The zero-order valence-corrected chi connectivity index (χ0v) is 17.6. The van der Waals surface area contributed by atoms with Crippen LogP contribution in [0.1, 0.15) is 16.7 Å². The molecular formula is C26H26O6. The van der Waals surface area contributed by atoms with Crippen LogP contribution >= 0.6 is 0 Å². The van der Waals surface area contributed by atoms with Gasteiger partial charge in [-0.3, -0.25) is 9.59 Å². The van der Waals surface area contributed by atoms with Crippen LogP contribution in [0.2, 0.25) is 0 Å². The van der Waals surface area contributed by atoms with Gasteiger partial charge in [0.1, 0.15) is 11.5 Å². The number of rotatable bonds is 10. The first kappa shape index (κ1) is 22.9. The first-order valence-corrected chi connectivity index (χ1v) is 10.4. The molecule has 0 fully saturated rings. The van der Waals surface area contributed by atoms with Gasteiger partial charge in [-0.05, 0) is 35.2 Å². The molecule has 0 saturated carbocycles. The van der Waals surface area contributed by atoms with Gasteiger partial charge in [0.15, 0.2) is 5.92 Å². The SMILES string of the molecule is O=C(OCCc1ccccc1)C(Cc1cc(O)cc(O)c1)C(=O)OCCc1ccccc1. The molecule has 0 amide bonds. The van der Waals surface area contributed by atoms with E-state index in [2.05, 4.69) is 0 Å².